The number of likely N-dealkylation sites (N-methyl/N-ethyl adjacent to an activating group) is 1. The predicted molar refractivity (Wildman–Crippen MR) is 95.1 cm³/mol. The first kappa shape index (κ1) is 15.8. The zero-order valence-electron chi connectivity index (χ0n) is 13.6. The molecule has 2 aromatic carbocycles. The molecule has 2 N–H and O–H groups in total. The van der Waals surface area contributed by atoms with E-state index in [1.807, 2.05) is 43.3 Å². The van der Waals surface area contributed by atoms with E-state index in [0.717, 1.165) is 27.8 Å². The van der Waals surface area contributed by atoms with Gasteiger partial charge in [0.2, 0.25) is 5.91 Å². The molecule has 0 aliphatic heterocycles. The second kappa shape index (κ2) is 6.20. The average molecular weight is 322 g/mol. The highest BCUT2D eigenvalue weighted by Gasteiger charge is 2.12. The first-order valence-electron chi connectivity index (χ1n) is 7.59. The molecule has 1 heterocycles. The van der Waals surface area contributed by atoms with Gasteiger partial charge in [-0.05, 0) is 30.2 Å². The zero-order chi connectivity index (χ0) is 17.3. The van der Waals surface area contributed by atoms with Crippen molar-refractivity contribution in [2.24, 2.45) is 5.73 Å². The number of amides is 1. The Morgan fingerprint density at radius 1 is 1.12 bits per heavy atom. The van der Waals surface area contributed by atoms with Crippen molar-refractivity contribution in [3.63, 3.8) is 0 Å². The molecule has 122 valence electrons. The molecule has 3 rings (SSSR count). The summed E-state index contributed by atoms with van der Waals surface area (Å²) in [6.07, 6.45) is 0. The zero-order valence-corrected chi connectivity index (χ0v) is 13.6. The second-order valence-electron chi connectivity index (χ2n) is 5.80. The van der Waals surface area contributed by atoms with Crippen LogP contribution in [-0.2, 0) is 4.79 Å². The van der Waals surface area contributed by atoms with Crippen LogP contribution in [0, 0.1) is 6.92 Å². The monoisotopic (exact) mass is 322 g/mol. The van der Waals surface area contributed by atoms with Gasteiger partial charge in [0.1, 0.15) is 5.58 Å². The molecule has 0 saturated carbocycles. The van der Waals surface area contributed by atoms with E-state index in [4.69, 9.17) is 10.2 Å². The van der Waals surface area contributed by atoms with Gasteiger partial charge < -0.3 is 15.1 Å². The van der Waals surface area contributed by atoms with Crippen molar-refractivity contribution in [2.75, 3.05) is 18.5 Å². The minimum Gasteiger partial charge on any atom is -0.423 e. The smallest absolute Gasteiger partial charge is 0.336 e. The van der Waals surface area contributed by atoms with Gasteiger partial charge in [-0.1, -0.05) is 24.3 Å². The Labute approximate surface area is 139 Å². The average Bonchev–Trinajstić information content (AvgIpc) is 2.53. The number of nitrogens with two attached hydrogens (primary N) is 1. The third-order valence-corrected chi connectivity index (χ3v) is 4.00. The number of aryl methyl sites for hydroxylation is 1. The summed E-state index contributed by atoms with van der Waals surface area (Å²) in [4.78, 5) is 24.8. The van der Waals surface area contributed by atoms with Crippen LogP contribution in [0.2, 0.25) is 0 Å². The molecule has 0 saturated heterocycles. The highest BCUT2D eigenvalue weighted by Crippen LogP contribution is 2.31. The first-order chi connectivity index (χ1) is 11.5. The molecular formula is C19H18N2O3. The standard InChI is InChI=1S/C19H18N2O3/c1-12-5-3-4-6-14(12)16-10-19(23)24-17-9-13(7-8-15(16)17)21(2)11-18(20)22/h3-10H,11H2,1-2H3,(H2,20,22). The summed E-state index contributed by atoms with van der Waals surface area (Å²) in [6, 6.07) is 14.9. The fourth-order valence-electron chi connectivity index (χ4n) is 2.81. The van der Waals surface area contributed by atoms with E-state index in [1.54, 1.807) is 18.0 Å². The largest absolute Gasteiger partial charge is 0.423 e. The number of hydrogen-bond acceptors (Lipinski definition) is 4. The number of carbonyl (C=O) groups is 1. The van der Waals surface area contributed by atoms with Crippen LogP contribution in [0.15, 0.2) is 57.7 Å². The summed E-state index contributed by atoms with van der Waals surface area (Å²) in [5.41, 5.74) is 8.97. The van der Waals surface area contributed by atoms with Crippen molar-refractivity contribution >= 4 is 22.6 Å². The van der Waals surface area contributed by atoms with Crippen LogP contribution in [0.1, 0.15) is 5.56 Å². The summed E-state index contributed by atoms with van der Waals surface area (Å²) < 4.78 is 5.36. The van der Waals surface area contributed by atoms with Gasteiger partial charge in [-0.2, -0.15) is 0 Å². The minimum absolute atomic E-state index is 0.0905. The van der Waals surface area contributed by atoms with E-state index in [0.29, 0.717) is 5.58 Å². The number of nitrogens with zero attached hydrogens (tertiary/aromatic N) is 1. The van der Waals surface area contributed by atoms with Gasteiger partial charge in [-0.25, -0.2) is 4.79 Å². The topological polar surface area (TPSA) is 76.5 Å². The predicted octanol–water partition coefficient (Wildman–Crippen LogP) is 2.69. The summed E-state index contributed by atoms with van der Waals surface area (Å²) in [5, 5.41) is 0.847. The molecule has 0 atom stereocenters. The van der Waals surface area contributed by atoms with Gasteiger partial charge in [-0.3, -0.25) is 4.79 Å². The van der Waals surface area contributed by atoms with Crippen molar-refractivity contribution in [3.8, 4) is 11.1 Å². The van der Waals surface area contributed by atoms with Crippen LogP contribution in [0.4, 0.5) is 5.69 Å². The van der Waals surface area contributed by atoms with Gasteiger partial charge in [0, 0.05) is 35.8 Å². The molecule has 1 aromatic heterocycles. The third-order valence-electron chi connectivity index (χ3n) is 4.00. The molecule has 0 fully saturated rings. The molecule has 0 radical (unpaired) electrons. The van der Waals surface area contributed by atoms with Crippen LogP contribution in [-0.4, -0.2) is 19.5 Å². The van der Waals surface area contributed by atoms with Gasteiger partial charge in [0.25, 0.3) is 0 Å². The maximum atomic E-state index is 12.0. The number of rotatable bonds is 4. The van der Waals surface area contributed by atoms with Crippen LogP contribution in [0.25, 0.3) is 22.1 Å². The van der Waals surface area contributed by atoms with Crippen LogP contribution < -0.4 is 16.3 Å². The van der Waals surface area contributed by atoms with Crippen LogP contribution in [0.3, 0.4) is 0 Å². The van der Waals surface area contributed by atoms with Gasteiger partial charge >= 0.3 is 5.63 Å². The molecule has 0 aliphatic carbocycles. The van der Waals surface area contributed by atoms with Crippen LogP contribution in [0.5, 0.6) is 0 Å². The molecule has 0 unspecified atom stereocenters. The Morgan fingerprint density at radius 3 is 2.58 bits per heavy atom. The Bertz CT molecular complexity index is 976. The van der Waals surface area contributed by atoms with Crippen molar-refractivity contribution in [1.29, 1.82) is 0 Å². The fourth-order valence-corrected chi connectivity index (χ4v) is 2.81. The Kier molecular flexibility index (Phi) is 4.08. The number of benzene rings is 2. The number of primary amides is 1. The SMILES string of the molecule is Cc1ccccc1-c1cc(=O)oc2cc(N(C)CC(N)=O)ccc12. The summed E-state index contributed by atoms with van der Waals surface area (Å²) in [5.74, 6) is -0.423. The summed E-state index contributed by atoms with van der Waals surface area (Å²) in [7, 11) is 1.76. The number of anilines is 1. The Morgan fingerprint density at radius 2 is 1.88 bits per heavy atom. The number of hydrogen-bond donors (Lipinski definition) is 1. The highest BCUT2D eigenvalue weighted by molar-refractivity contribution is 5.95. The molecule has 0 spiro atoms. The Balaban J connectivity index is 2.18. The van der Waals surface area contributed by atoms with E-state index in [2.05, 4.69) is 0 Å². The van der Waals surface area contributed by atoms with Crippen molar-refractivity contribution < 1.29 is 9.21 Å². The normalized spacial score (nSPS) is 10.8. The third kappa shape index (κ3) is 3.01. The van der Waals surface area contributed by atoms with E-state index < -0.39 is 11.5 Å². The lowest BCUT2D eigenvalue weighted by Gasteiger charge is -2.18. The fraction of sp³-hybridized carbons (Fsp3) is 0.158. The molecule has 5 nitrogen and oxygen atoms in total. The van der Waals surface area contributed by atoms with Gasteiger partial charge in [-0.15, -0.1) is 0 Å². The van der Waals surface area contributed by atoms with E-state index in [9.17, 15) is 9.59 Å². The first-order valence-corrected chi connectivity index (χ1v) is 7.59. The lowest BCUT2D eigenvalue weighted by atomic mass is 9.98. The highest BCUT2D eigenvalue weighted by atomic mass is 16.4. The maximum Gasteiger partial charge on any atom is 0.336 e. The lowest BCUT2D eigenvalue weighted by molar-refractivity contribution is -0.116. The number of carbonyl (C=O) groups excluding carboxylic acids is 1. The van der Waals surface area contributed by atoms with Gasteiger partial charge in [0.05, 0.1) is 6.54 Å². The maximum absolute atomic E-state index is 12.0. The minimum atomic E-state index is -0.423. The second-order valence-corrected chi connectivity index (χ2v) is 5.80. The molecule has 24 heavy (non-hydrogen) atoms. The van der Waals surface area contributed by atoms with Crippen molar-refractivity contribution in [2.45, 2.75) is 6.92 Å². The van der Waals surface area contributed by atoms with Crippen LogP contribution >= 0.6 is 0 Å². The molecule has 0 aliphatic rings. The van der Waals surface area contributed by atoms with Crippen molar-refractivity contribution in [3.05, 3.63) is 64.5 Å². The quantitative estimate of drug-likeness (QED) is 0.749. The van der Waals surface area contributed by atoms with E-state index in [-0.39, 0.29) is 6.54 Å². The van der Waals surface area contributed by atoms with E-state index in [1.165, 1.54) is 6.07 Å². The molecular weight excluding hydrogens is 304 g/mol. The lowest BCUT2D eigenvalue weighted by Crippen LogP contribution is -2.30. The van der Waals surface area contributed by atoms with Gasteiger partial charge in [0.15, 0.2) is 0 Å². The van der Waals surface area contributed by atoms with E-state index >= 15 is 0 Å². The molecule has 0 bridgehead atoms. The summed E-state index contributed by atoms with van der Waals surface area (Å²) >= 11 is 0. The Hall–Kier alpha value is -3.08. The summed E-state index contributed by atoms with van der Waals surface area (Å²) in [6.45, 7) is 2.10. The van der Waals surface area contributed by atoms with Crippen molar-refractivity contribution in [1.82, 2.24) is 0 Å². The molecule has 1 amide bonds. The number of fused-ring (bicyclic) bond motifs is 1. The molecule has 5 heteroatoms. The molecule has 3 aromatic rings.